The molecule has 1 aromatic heterocycles. The van der Waals surface area contributed by atoms with E-state index in [2.05, 4.69) is 101 Å². The van der Waals surface area contributed by atoms with Gasteiger partial charge in [0.15, 0.2) is 5.16 Å². The predicted molar refractivity (Wildman–Crippen MR) is 132 cm³/mol. The molecular formula is C26H26N4OS. The third-order valence-electron chi connectivity index (χ3n) is 5.30. The standard InChI is InChI=1S/C26H26N4OS/c1-4-14-27-25(31)17-32-26-29-28-24(30(26)23-13-12-18(2)15-19(23)3)16-21-10-7-9-20-8-5-6-11-22(20)21/h4-13,15H,1,14,16-17H2,2-3H3,(H,27,31). The Bertz CT molecular complexity index is 1270. The van der Waals surface area contributed by atoms with Crippen LogP contribution in [0, 0.1) is 13.8 Å². The van der Waals surface area contributed by atoms with Gasteiger partial charge in [0.05, 0.1) is 11.4 Å². The van der Waals surface area contributed by atoms with Gasteiger partial charge in [0.2, 0.25) is 5.91 Å². The molecule has 0 unspecified atom stereocenters. The lowest BCUT2D eigenvalue weighted by atomic mass is 10.0. The van der Waals surface area contributed by atoms with Crippen LogP contribution in [-0.4, -0.2) is 33.0 Å². The summed E-state index contributed by atoms with van der Waals surface area (Å²) in [6, 6.07) is 21.1. The minimum Gasteiger partial charge on any atom is -0.352 e. The number of aryl methyl sites for hydroxylation is 2. The van der Waals surface area contributed by atoms with E-state index in [0.717, 1.165) is 17.1 Å². The van der Waals surface area contributed by atoms with E-state index in [1.807, 2.05) is 0 Å². The summed E-state index contributed by atoms with van der Waals surface area (Å²) in [5.74, 6) is 1.06. The van der Waals surface area contributed by atoms with Gasteiger partial charge in [-0.05, 0) is 41.8 Å². The Morgan fingerprint density at radius 2 is 1.91 bits per heavy atom. The second-order valence-electron chi connectivity index (χ2n) is 7.72. The molecule has 0 bridgehead atoms. The summed E-state index contributed by atoms with van der Waals surface area (Å²) in [5.41, 5.74) is 4.57. The van der Waals surface area contributed by atoms with E-state index in [1.54, 1.807) is 6.08 Å². The number of aromatic nitrogens is 3. The molecule has 1 amide bonds. The van der Waals surface area contributed by atoms with Crippen LogP contribution in [0.5, 0.6) is 0 Å². The maximum Gasteiger partial charge on any atom is 0.230 e. The molecule has 0 atom stereocenters. The van der Waals surface area contributed by atoms with E-state index < -0.39 is 0 Å². The van der Waals surface area contributed by atoms with Crippen molar-refractivity contribution in [2.45, 2.75) is 25.4 Å². The minimum atomic E-state index is -0.0549. The van der Waals surface area contributed by atoms with Crippen LogP contribution in [0.2, 0.25) is 0 Å². The number of hydrogen-bond donors (Lipinski definition) is 1. The maximum atomic E-state index is 12.1. The van der Waals surface area contributed by atoms with E-state index in [0.29, 0.717) is 18.1 Å². The molecule has 0 saturated heterocycles. The van der Waals surface area contributed by atoms with Crippen LogP contribution in [-0.2, 0) is 11.2 Å². The Balaban J connectivity index is 1.72. The summed E-state index contributed by atoms with van der Waals surface area (Å²) in [4.78, 5) is 12.1. The van der Waals surface area contributed by atoms with Crippen LogP contribution in [0.25, 0.3) is 16.5 Å². The molecule has 1 N–H and O–H groups in total. The third kappa shape index (κ3) is 4.75. The first kappa shape index (κ1) is 21.8. The van der Waals surface area contributed by atoms with Crippen molar-refractivity contribution in [2.75, 3.05) is 12.3 Å². The highest BCUT2D eigenvalue weighted by atomic mass is 32.2. The lowest BCUT2D eigenvalue weighted by Crippen LogP contribution is -2.25. The Morgan fingerprint density at radius 1 is 1.09 bits per heavy atom. The number of carbonyl (C=O) groups excluding carboxylic acids is 1. The largest absolute Gasteiger partial charge is 0.352 e. The van der Waals surface area contributed by atoms with Crippen LogP contribution in [0.15, 0.2) is 78.5 Å². The fourth-order valence-corrected chi connectivity index (χ4v) is 4.58. The Labute approximate surface area is 192 Å². The number of nitrogens with zero attached hydrogens (tertiary/aromatic N) is 3. The van der Waals surface area contributed by atoms with E-state index in [1.165, 1.54) is 33.7 Å². The molecule has 5 nitrogen and oxygen atoms in total. The van der Waals surface area contributed by atoms with Crippen molar-refractivity contribution >= 4 is 28.4 Å². The number of hydrogen-bond acceptors (Lipinski definition) is 4. The van der Waals surface area contributed by atoms with Crippen molar-refractivity contribution in [3.8, 4) is 5.69 Å². The average Bonchev–Trinajstić information content (AvgIpc) is 3.18. The average molecular weight is 443 g/mol. The highest BCUT2D eigenvalue weighted by Crippen LogP contribution is 2.28. The van der Waals surface area contributed by atoms with Crippen molar-refractivity contribution in [2.24, 2.45) is 0 Å². The number of nitrogens with one attached hydrogen (secondary N) is 1. The Hall–Kier alpha value is -3.38. The summed E-state index contributed by atoms with van der Waals surface area (Å²) in [6.45, 7) is 8.27. The molecule has 0 fully saturated rings. The number of thioether (sulfide) groups is 1. The molecule has 0 aliphatic rings. The molecule has 32 heavy (non-hydrogen) atoms. The fourth-order valence-electron chi connectivity index (χ4n) is 3.79. The highest BCUT2D eigenvalue weighted by molar-refractivity contribution is 7.99. The van der Waals surface area contributed by atoms with Crippen molar-refractivity contribution in [3.63, 3.8) is 0 Å². The van der Waals surface area contributed by atoms with Crippen molar-refractivity contribution < 1.29 is 4.79 Å². The summed E-state index contributed by atoms with van der Waals surface area (Å²) in [6.07, 6.45) is 2.31. The molecule has 0 spiro atoms. The third-order valence-corrected chi connectivity index (χ3v) is 6.23. The molecule has 162 valence electrons. The summed E-state index contributed by atoms with van der Waals surface area (Å²) >= 11 is 1.39. The topological polar surface area (TPSA) is 59.8 Å². The van der Waals surface area contributed by atoms with Gasteiger partial charge < -0.3 is 5.32 Å². The van der Waals surface area contributed by atoms with E-state index in [9.17, 15) is 4.79 Å². The molecule has 1 heterocycles. The second-order valence-corrected chi connectivity index (χ2v) is 8.66. The monoisotopic (exact) mass is 442 g/mol. The second kappa shape index (κ2) is 9.83. The fraction of sp³-hybridized carbons (Fsp3) is 0.192. The number of amides is 1. The quantitative estimate of drug-likeness (QED) is 0.307. The molecule has 0 saturated carbocycles. The van der Waals surface area contributed by atoms with Gasteiger partial charge in [-0.2, -0.15) is 0 Å². The first-order valence-electron chi connectivity index (χ1n) is 10.6. The van der Waals surface area contributed by atoms with E-state index in [-0.39, 0.29) is 11.7 Å². The minimum absolute atomic E-state index is 0.0549. The summed E-state index contributed by atoms with van der Waals surface area (Å²) < 4.78 is 2.09. The Morgan fingerprint density at radius 3 is 2.72 bits per heavy atom. The van der Waals surface area contributed by atoms with Gasteiger partial charge in [-0.25, -0.2) is 0 Å². The number of rotatable bonds is 8. The van der Waals surface area contributed by atoms with Crippen molar-refractivity contribution in [1.82, 2.24) is 20.1 Å². The van der Waals surface area contributed by atoms with Crippen LogP contribution in [0.3, 0.4) is 0 Å². The zero-order valence-corrected chi connectivity index (χ0v) is 19.2. The number of carbonyl (C=O) groups is 1. The Kier molecular flexibility index (Phi) is 6.71. The number of benzene rings is 3. The lowest BCUT2D eigenvalue weighted by molar-refractivity contribution is -0.118. The highest BCUT2D eigenvalue weighted by Gasteiger charge is 2.18. The van der Waals surface area contributed by atoms with Crippen LogP contribution in [0.1, 0.15) is 22.5 Å². The number of fused-ring (bicyclic) bond motifs is 1. The lowest BCUT2D eigenvalue weighted by Gasteiger charge is -2.14. The van der Waals surface area contributed by atoms with Gasteiger partial charge in [-0.1, -0.05) is 78.0 Å². The van der Waals surface area contributed by atoms with Crippen LogP contribution >= 0.6 is 11.8 Å². The normalized spacial score (nSPS) is 10.9. The molecule has 0 aliphatic heterocycles. The van der Waals surface area contributed by atoms with Gasteiger partial charge in [0.1, 0.15) is 5.82 Å². The van der Waals surface area contributed by atoms with Crippen molar-refractivity contribution in [3.05, 3.63) is 95.8 Å². The zero-order chi connectivity index (χ0) is 22.5. The molecule has 4 aromatic rings. The molecule has 6 heteroatoms. The summed E-state index contributed by atoms with van der Waals surface area (Å²) in [7, 11) is 0. The van der Waals surface area contributed by atoms with E-state index in [4.69, 9.17) is 0 Å². The maximum absolute atomic E-state index is 12.1. The first-order chi connectivity index (χ1) is 15.6. The van der Waals surface area contributed by atoms with Gasteiger partial charge in [-0.15, -0.1) is 16.8 Å². The molecule has 4 rings (SSSR count). The summed E-state index contributed by atoms with van der Waals surface area (Å²) in [5, 5.41) is 14.9. The SMILES string of the molecule is C=CCNC(=O)CSc1nnc(Cc2cccc3ccccc23)n1-c1ccc(C)cc1C. The molecule has 0 radical (unpaired) electrons. The van der Waals surface area contributed by atoms with Crippen LogP contribution < -0.4 is 5.32 Å². The zero-order valence-electron chi connectivity index (χ0n) is 18.3. The van der Waals surface area contributed by atoms with Gasteiger partial charge in [-0.3, -0.25) is 9.36 Å². The molecule has 3 aromatic carbocycles. The van der Waals surface area contributed by atoms with Gasteiger partial charge in [0.25, 0.3) is 0 Å². The van der Waals surface area contributed by atoms with Gasteiger partial charge >= 0.3 is 0 Å². The smallest absolute Gasteiger partial charge is 0.230 e. The predicted octanol–water partition coefficient (Wildman–Crippen LogP) is 5.02. The van der Waals surface area contributed by atoms with Crippen LogP contribution in [0.4, 0.5) is 0 Å². The molecular weight excluding hydrogens is 416 g/mol. The van der Waals surface area contributed by atoms with Gasteiger partial charge in [0, 0.05) is 13.0 Å². The van der Waals surface area contributed by atoms with Crippen molar-refractivity contribution in [1.29, 1.82) is 0 Å². The first-order valence-corrected chi connectivity index (χ1v) is 11.5. The molecule has 0 aliphatic carbocycles. The van der Waals surface area contributed by atoms with E-state index >= 15 is 0 Å².